The Morgan fingerprint density at radius 3 is 2.87 bits per heavy atom. The molecule has 1 unspecified atom stereocenters. The highest BCUT2D eigenvalue weighted by atomic mass is 19.1. The zero-order valence-electron chi connectivity index (χ0n) is 16.9. The van der Waals surface area contributed by atoms with Crippen LogP contribution in [0.15, 0.2) is 53.6 Å². The third-order valence-electron chi connectivity index (χ3n) is 6.30. The van der Waals surface area contributed by atoms with Crippen LogP contribution in [0.5, 0.6) is 5.75 Å². The lowest BCUT2D eigenvalue weighted by atomic mass is 9.86. The van der Waals surface area contributed by atoms with Crippen LogP contribution in [0.1, 0.15) is 30.0 Å². The minimum atomic E-state index is -0.341. The van der Waals surface area contributed by atoms with Gasteiger partial charge in [-0.3, -0.25) is 0 Å². The molecule has 0 aliphatic carbocycles. The molecule has 0 bridgehead atoms. The Balaban J connectivity index is 1.54. The molecule has 1 fully saturated rings. The van der Waals surface area contributed by atoms with Crippen LogP contribution in [0.25, 0.3) is 0 Å². The van der Waals surface area contributed by atoms with Gasteiger partial charge in [0.1, 0.15) is 11.6 Å². The highest BCUT2D eigenvalue weighted by Gasteiger charge is 2.46. The third kappa shape index (κ3) is 3.23. The van der Waals surface area contributed by atoms with Crippen LogP contribution in [-0.2, 0) is 0 Å². The van der Waals surface area contributed by atoms with Gasteiger partial charge in [-0.15, -0.1) is 0 Å². The van der Waals surface area contributed by atoms with E-state index in [0.717, 1.165) is 31.5 Å². The zero-order chi connectivity index (χ0) is 20.7. The van der Waals surface area contributed by atoms with Crippen LogP contribution in [0.4, 0.5) is 9.18 Å². The Labute approximate surface area is 175 Å². The Bertz CT molecular complexity index is 974. The third-order valence-corrected chi connectivity index (χ3v) is 6.30. The number of nitrogens with zero attached hydrogens (tertiary/aromatic N) is 3. The van der Waals surface area contributed by atoms with Crippen LogP contribution < -0.4 is 10.1 Å². The molecule has 0 radical (unpaired) electrons. The number of likely N-dealkylation sites (N-methyl/N-ethyl adjacent to an activating group) is 1. The SMILES string of the molecule is CN(C(=O)N1N=C2c3cc(F)ccc3OC[C@@H]2[C@H]1c1ccccc1)C1CCCNC1. The average Bonchev–Trinajstić information content (AvgIpc) is 3.19. The van der Waals surface area contributed by atoms with Gasteiger partial charge in [-0.2, -0.15) is 5.10 Å². The highest BCUT2D eigenvalue weighted by Crippen LogP contribution is 2.43. The van der Waals surface area contributed by atoms with Gasteiger partial charge in [-0.1, -0.05) is 30.3 Å². The van der Waals surface area contributed by atoms with E-state index in [1.807, 2.05) is 37.4 Å². The smallest absolute Gasteiger partial charge is 0.341 e. The number of hydrogen-bond donors (Lipinski definition) is 1. The average molecular weight is 408 g/mol. The lowest BCUT2D eigenvalue weighted by Gasteiger charge is -2.36. The summed E-state index contributed by atoms with van der Waals surface area (Å²) in [5.41, 5.74) is 2.34. The Morgan fingerprint density at radius 1 is 1.27 bits per heavy atom. The number of halogens is 1. The zero-order valence-corrected chi connectivity index (χ0v) is 16.9. The summed E-state index contributed by atoms with van der Waals surface area (Å²) in [4.78, 5) is 15.3. The van der Waals surface area contributed by atoms with Gasteiger partial charge in [0.15, 0.2) is 0 Å². The van der Waals surface area contributed by atoms with Crippen LogP contribution in [0, 0.1) is 11.7 Å². The Hall–Kier alpha value is -2.93. The van der Waals surface area contributed by atoms with E-state index >= 15 is 0 Å². The van der Waals surface area contributed by atoms with E-state index in [0.29, 0.717) is 23.6 Å². The largest absolute Gasteiger partial charge is 0.492 e. The molecular weight excluding hydrogens is 383 g/mol. The lowest BCUT2D eigenvalue weighted by molar-refractivity contribution is 0.115. The van der Waals surface area contributed by atoms with Crippen molar-refractivity contribution in [3.63, 3.8) is 0 Å². The first-order chi connectivity index (χ1) is 14.6. The summed E-state index contributed by atoms with van der Waals surface area (Å²) in [7, 11) is 1.84. The van der Waals surface area contributed by atoms with Crippen molar-refractivity contribution in [2.75, 3.05) is 26.7 Å². The number of hydrogen-bond acceptors (Lipinski definition) is 4. The van der Waals surface area contributed by atoms with E-state index in [4.69, 9.17) is 9.84 Å². The molecule has 6 nitrogen and oxygen atoms in total. The van der Waals surface area contributed by atoms with E-state index < -0.39 is 0 Å². The number of carbonyl (C=O) groups excluding carboxylic acids is 1. The molecule has 0 saturated carbocycles. The first-order valence-corrected chi connectivity index (χ1v) is 10.5. The minimum absolute atomic E-state index is 0.131. The molecule has 2 aromatic rings. The van der Waals surface area contributed by atoms with E-state index in [-0.39, 0.29) is 29.8 Å². The summed E-state index contributed by atoms with van der Waals surface area (Å²) in [6.07, 6.45) is 2.01. The van der Waals surface area contributed by atoms with Crippen LogP contribution in [0.3, 0.4) is 0 Å². The number of ether oxygens (including phenoxy) is 1. The maximum atomic E-state index is 14.0. The van der Waals surface area contributed by atoms with Crippen LogP contribution >= 0.6 is 0 Å². The van der Waals surface area contributed by atoms with Gasteiger partial charge >= 0.3 is 6.03 Å². The number of hydrazone groups is 1. The molecule has 7 heteroatoms. The normalized spacial score (nSPS) is 25.1. The summed E-state index contributed by atoms with van der Waals surface area (Å²) in [6.45, 7) is 2.16. The fraction of sp³-hybridized carbons (Fsp3) is 0.391. The molecule has 3 aliphatic heterocycles. The van der Waals surface area contributed by atoms with Gasteiger partial charge in [-0.25, -0.2) is 14.2 Å². The number of benzene rings is 2. The molecule has 3 atom stereocenters. The van der Waals surface area contributed by atoms with Gasteiger partial charge in [0, 0.05) is 25.2 Å². The van der Waals surface area contributed by atoms with Gasteiger partial charge in [0.05, 0.1) is 24.3 Å². The van der Waals surface area contributed by atoms with Crippen LogP contribution in [0.2, 0.25) is 0 Å². The van der Waals surface area contributed by atoms with E-state index in [9.17, 15) is 9.18 Å². The van der Waals surface area contributed by atoms with Crippen molar-refractivity contribution < 1.29 is 13.9 Å². The number of piperidine rings is 1. The summed E-state index contributed by atoms with van der Waals surface area (Å²) >= 11 is 0. The van der Waals surface area contributed by atoms with E-state index in [1.165, 1.54) is 12.1 Å². The topological polar surface area (TPSA) is 57.2 Å². The summed E-state index contributed by atoms with van der Waals surface area (Å²) in [5.74, 6) is 0.119. The minimum Gasteiger partial charge on any atom is -0.492 e. The molecule has 30 heavy (non-hydrogen) atoms. The molecule has 0 spiro atoms. The first kappa shape index (κ1) is 19.1. The van der Waals surface area contributed by atoms with E-state index in [1.54, 1.807) is 16.0 Å². The molecule has 156 valence electrons. The molecule has 2 aromatic carbocycles. The summed E-state index contributed by atoms with van der Waals surface area (Å²) in [6, 6.07) is 14.1. The molecule has 0 aromatic heterocycles. The number of urea groups is 1. The molecule has 1 N–H and O–H groups in total. The quantitative estimate of drug-likeness (QED) is 0.829. The molecule has 5 rings (SSSR count). The predicted octanol–water partition coefficient (Wildman–Crippen LogP) is 3.40. The molecule has 1 saturated heterocycles. The van der Waals surface area contributed by atoms with Gasteiger partial charge in [-0.05, 0) is 43.1 Å². The number of nitrogens with one attached hydrogen (secondary N) is 1. The Morgan fingerprint density at radius 2 is 2.10 bits per heavy atom. The molecular formula is C23H25FN4O2. The first-order valence-electron chi connectivity index (χ1n) is 10.5. The number of carbonyl (C=O) groups is 1. The number of rotatable bonds is 2. The molecule has 3 heterocycles. The van der Waals surface area contributed by atoms with Crippen molar-refractivity contribution in [1.29, 1.82) is 0 Å². The predicted molar refractivity (Wildman–Crippen MR) is 112 cm³/mol. The number of fused-ring (bicyclic) bond motifs is 3. The van der Waals surface area contributed by atoms with Crippen molar-refractivity contribution >= 4 is 11.7 Å². The lowest BCUT2D eigenvalue weighted by Crippen LogP contribution is -2.50. The monoisotopic (exact) mass is 408 g/mol. The second-order valence-electron chi connectivity index (χ2n) is 8.14. The maximum Gasteiger partial charge on any atom is 0.341 e. The van der Waals surface area contributed by atoms with Crippen molar-refractivity contribution in [3.8, 4) is 5.75 Å². The standard InChI is InChI=1S/C23H25FN4O2/c1-27(17-8-5-11-25-13-17)23(29)28-22(15-6-3-2-4-7-15)19-14-30-20-10-9-16(24)12-18(20)21(19)26-28/h2-4,6-7,9-10,12,17,19,22,25H,5,8,11,13-14H2,1H3/t17?,19-,22+/m0/s1. The molecule has 2 amide bonds. The molecule has 3 aliphatic rings. The highest BCUT2D eigenvalue weighted by molar-refractivity contribution is 6.07. The summed E-state index contributed by atoms with van der Waals surface area (Å²) < 4.78 is 19.9. The van der Waals surface area contributed by atoms with Crippen molar-refractivity contribution in [3.05, 3.63) is 65.5 Å². The van der Waals surface area contributed by atoms with Gasteiger partial charge < -0.3 is 15.0 Å². The van der Waals surface area contributed by atoms with Crippen molar-refractivity contribution in [2.45, 2.75) is 24.9 Å². The fourth-order valence-corrected chi connectivity index (χ4v) is 4.67. The van der Waals surface area contributed by atoms with Crippen molar-refractivity contribution in [2.24, 2.45) is 11.0 Å². The van der Waals surface area contributed by atoms with Gasteiger partial charge in [0.25, 0.3) is 0 Å². The Kier molecular flexibility index (Phi) is 4.90. The fourth-order valence-electron chi connectivity index (χ4n) is 4.67. The van der Waals surface area contributed by atoms with E-state index in [2.05, 4.69) is 5.32 Å². The second-order valence-corrected chi connectivity index (χ2v) is 8.14. The maximum absolute atomic E-state index is 14.0. The number of amides is 2. The van der Waals surface area contributed by atoms with Crippen LogP contribution in [-0.4, -0.2) is 54.4 Å². The van der Waals surface area contributed by atoms with Crippen molar-refractivity contribution in [1.82, 2.24) is 15.2 Å². The summed E-state index contributed by atoms with van der Waals surface area (Å²) in [5, 5.41) is 9.70. The second kappa shape index (κ2) is 7.72. The van der Waals surface area contributed by atoms with Gasteiger partial charge in [0.2, 0.25) is 0 Å².